The smallest absolute Gasteiger partial charge is 0.224 e. The van der Waals surface area contributed by atoms with Gasteiger partial charge in [0.05, 0.1) is 5.92 Å². The van der Waals surface area contributed by atoms with E-state index in [4.69, 9.17) is 5.73 Å². The van der Waals surface area contributed by atoms with Crippen molar-refractivity contribution in [3.8, 4) is 0 Å². The van der Waals surface area contributed by atoms with Gasteiger partial charge in [0.2, 0.25) is 5.91 Å². The summed E-state index contributed by atoms with van der Waals surface area (Å²) in [5.74, 6) is 0.248. The van der Waals surface area contributed by atoms with Gasteiger partial charge in [-0.2, -0.15) is 0 Å². The normalized spacial score (nSPS) is 38.4. The molecule has 0 aromatic heterocycles. The maximum Gasteiger partial charge on any atom is 0.224 e. The lowest BCUT2D eigenvalue weighted by atomic mass is 9.84. The van der Waals surface area contributed by atoms with E-state index in [-0.39, 0.29) is 17.9 Å². The van der Waals surface area contributed by atoms with Gasteiger partial charge in [-0.15, -0.1) is 0 Å². The van der Waals surface area contributed by atoms with Crippen molar-refractivity contribution in [2.45, 2.75) is 63.6 Å². The van der Waals surface area contributed by atoms with Gasteiger partial charge in [-0.05, 0) is 39.7 Å². The van der Waals surface area contributed by atoms with E-state index in [9.17, 15) is 4.79 Å². The van der Waals surface area contributed by atoms with Crippen molar-refractivity contribution in [3.63, 3.8) is 0 Å². The van der Waals surface area contributed by atoms with Gasteiger partial charge < -0.3 is 16.0 Å². The van der Waals surface area contributed by atoms with Gasteiger partial charge in [-0.1, -0.05) is 12.8 Å². The molecule has 1 aliphatic carbocycles. The van der Waals surface area contributed by atoms with Crippen LogP contribution in [0.25, 0.3) is 0 Å². The lowest BCUT2D eigenvalue weighted by Gasteiger charge is -2.36. The van der Waals surface area contributed by atoms with E-state index >= 15 is 0 Å². The van der Waals surface area contributed by atoms with Crippen LogP contribution in [-0.2, 0) is 4.79 Å². The Morgan fingerprint density at radius 2 is 2.00 bits per heavy atom. The van der Waals surface area contributed by atoms with E-state index in [1.807, 2.05) is 0 Å². The summed E-state index contributed by atoms with van der Waals surface area (Å²) in [4.78, 5) is 14.6. The molecule has 104 valence electrons. The number of hydrogen-bond acceptors (Lipinski definition) is 3. The Hall–Kier alpha value is -0.610. The zero-order chi connectivity index (χ0) is 13.1. The number of rotatable bonds is 2. The first kappa shape index (κ1) is 13.8. The van der Waals surface area contributed by atoms with Crippen molar-refractivity contribution in [2.24, 2.45) is 11.7 Å². The third-order valence-corrected chi connectivity index (χ3v) is 4.71. The Morgan fingerprint density at radius 3 is 2.67 bits per heavy atom. The van der Waals surface area contributed by atoms with Gasteiger partial charge in [0, 0.05) is 24.7 Å². The SMILES string of the molecule is CC1CC(NC(=O)C2CCCCC2N)CCN1C. The number of nitrogens with one attached hydrogen (secondary N) is 1. The summed E-state index contributed by atoms with van der Waals surface area (Å²) in [6.07, 6.45) is 6.42. The average molecular weight is 253 g/mol. The van der Waals surface area contributed by atoms with E-state index in [2.05, 4.69) is 24.2 Å². The van der Waals surface area contributed by atoms with Crippen LogP contribution >= 0.6 is 0 Å². The number of carbonyl (C=O) groups excluding carboxylic acids is 1. The second-order valence-corrected chi connectivity index (χ2v) is 6.11. The second kappa shape index (κ2) is 6.02. The van der Waals surface area contributed by atoms with Gasteiger partial charge in [-0.3, -0.25) is 4.79 Å². The Labute approximate surface area is 110 Å². The van der Waals surface area contributed by atoms with Gasteiger partial charge in [0.15, 0.2) is 0 Å². The molecule has 4 atom stereocenters. The van der Waals surface area contributed by atoms with E-state index in [1.165, 1.54) is 6.42 Å². The van der Waals surface area contributed by atoms with Crippen molar-refractivity contribution < 1.29 is 4.79 Å². The van der Waals surface area contributed by atoms with Crippen LogP contribution in [0.15, 0.2) is 0 Å². The fourth-order valence-corrected chi connectivity index (χ4v) is 3.21. The van der Waals surface area contributed by atoms with Gasteiger partial charge in [0.25, 0.3) is 0 Å². The molecule has 2 aliphatic rings. The molecule has 1 heterocycles. The van der Waals surface area contributed by atoms with Crippen LogP contribution in [0.1, 0.15) is 45.4 Å². The highest BCUT2D eigenvalue weighted by Gasteiger charge is 2.31. The summed E-state index contributed by atoms with van der Waals surface area (Å²) in [7, 11) is 2.15. The number of amides is 1. The molecule has 4 heteroatoms. The topological polar surface area (TPSA) is 58.4 Å². The summed E-state index contributed by atoms with van der Waals surface area (Å²) in [5.41, 5.74) is 6.07. The molecule has 0 bridgehead atoms. The van der Waals surface area contributed by atoms with E-state index in [0.717, 1.165) is 38.6 Å². The molecule has 2 fully saturated rings. The molecular weight excluding hydrogens is 226 g/mol. The molecule has 3 N–H and O–H groups in total. The second-order valence-electron chi connectivity index (χ2n) is 6.11. The van der Waals surface area contributed by atoms with Gasteiger partial charge >= 0.3 is 0 Å². The van der Waals surface area contributed by atoms with Crippen LogP contribution in [-0.4, -0.2) is 42.5 Å². The first-order valence-electron chi connectivity index (χ1n) is 7.34. The quantitative estimate of drug-likeness (QED) is 0.775. The summed E-state index contributed by atoms with van der Waals surface area (Å²) in [6.45, 7) is 3.30. The molecule has 1 saturated carbocycles. The van der Waals surface area contributed by atoms with Crippen LogP contribution in [0.2, 0.25) is 0 Å². The highest BCUT2D eigenvalue weighted by Crippen LogP contribution is 2.24. The van der Waals surface area contributed by atoms with Crippen LogP contribution < -0.4 is 11.1 Å². The fourth-order valence-electron chi connectivity index (χ4n) is 3.21. The Morgan fingerprint density at radius 1 is 1.28 bits per heavy atom. The fraction of sp³-hybridized carbons (Fsp3) is 0.929. The zero-order valence-electron chi connectivity index (χ0n) is 11.7. The molecule has 0 spiro atoms. The predicted molar refractivity (Wildman–Crippen MR) is 73.2 cm³/mol. The average Bonchev–Trinajstić information content (AvgIpc) is 2.34. The zero-order valence-corrected chi connectivity index (χ0v) is 11.7. The maximum absolute atomic E-state index is 12.3. The summed E-state index contributed by atoms with van der Waals surface area (Å²) in [5, 5.41) is 3.22. The van der Waals surface area contributed by atoms with Crippen LogP contribution in [0.4, 0.5) is 0 Å². The first-order chi connectivity index (χ1) is 8.58. The Kier molecular flexibility index (Phi) is 4.62. The third kappa shape index (κ3) is 3.23. The predicted octanol–water partition coefficient (Wildman–Crippen LogP) is 1.10. The molecular formula is C14H27N3O. The summed E-state index contributed by atoms with van der Waals surface area (Å²) in [6, 6.07) is 0.976. The largest absolute Gasteiger partial charge is 0.353 e. The number of nitrogens with two attached hydrogens (primary N) is 1. The highest BCUT2D eigenvalue weighted by atomic mass is 16.2. The monoisotopic (exact) mass is 253 g/mol. The maximum atomic E-state index is 12.3. The number of nitrogens with zero attached hydrogens (tertiary/aromatic N) is 1. The summed E-state index contributed by atoms with van der Waals surface area (Å²) < 4.78 is 0. The minimum absolute atomic E-state index is 0.0497. The van der Waals surface area contributed by atoms with Gasteiger partial charge in [-0.25, -0.2) is 0 Å². The van der Waals surface area contributed by atoms with E-state index in [1.54, 1.807) is 0 Å². The molecule has 1 amide bonds. The molecule has 1 saturated heterocycles. The van der Waals surface area contributed by atoms with Crippen LogP contribution in [0.3, 0.4) is 0 Å². The van der Waals surface area contributed by atoms with Crippen molar-refractivity contribution in [2.75, 3.05) is 13.6 Å². The Bertz CT molecular complexity index is 295. The molecule has 0 aromatic rings. The minimum Gasteiger partial charge on any atom is -0.353 e. The first-order valence-corrected chi connectivity index (χ1v) is 7.34. The highest BCUT2D eigenvalue weighted by molar-refractivity contribution is 5.79. The Balaban J connectivity index is 1.83. The standard InChI is InChI=1S/C14H27N3O/c1-10-9-11(7-8-17(10)2)16-14(18)12-5-3-4-6-13(12)15/h10-13H,3-9,15H2,1-2H3,(H,16,18). The van der Waals surface area contributed by atoms with Crippen molar-refractivity contribution in [3.05, 3.63) is 0 Å². The van der Waals surface area contributed by atoms with Gasteiger partial charge in [0.1, 0.15) is 0 Å². The number of piperidine rings is 1. The lowest BCUT2D eigenvalue weighted by Crippen LogP contribution is -2.51. The van der Waals surface area contributed by atoms with Crippen molar-refractivity contribution >= 4 is 5.91 Å². The number of hydrogen-bond donors (Lipinski definition) is 2. The molecule has 18 heavy (non-hydrogen) atoms. The summed E-state index contributed by atoms with van der Waals surface area (Å²) >= 11 is 0. The van der Waals surface area contributed by atoms with E-state index < -0.39 is 0 Å². The molecule has 0 radical (unpaired) electrons. The van der Waals surface area contributed by atoms with E-state index in [0.29, 0.717) is 12.1 Å². The third-order valence-electron chi connectivity index (χ3n) is 4.71. The van der Waals surface area contributed by atoms with Crippen molar-refractivity contribution in [1.82, 2.24) is 10.2 Å². The van der Waals surface area contributed by atoms with Crippen LogP contribution in [0.5, 0.6) is 0 Å². The van der Waals surface area contributed by atoms with Crippen molar-refractivity contribution in [1.29, 1.82) is 0 Å². The number of likely N-dealkylation sites (tertiary alicyclic amines) is 1. The molecule has 2 rings (SSSR count). The number of carbonyl (C=O) groups is 1. The minimum atomic E-state index is 0.0497. The molecule has 0 aromatic carbocycles. The lowest BCUT2D eigenvalue weighted by molar-refractivity contribution is -0.127. The molecule has 4 unspecified atom stereocenters. The molecule has 1 aliphatic heterocycles. The van der Waals surface area contributed by atoms with Crippen LogP contribution in [0, 0.1) is 5.92 Å². The molecule has 4 nitrogen and oxygen atoms in total.